The van der Waals surface area contributed by atoms with Crippen LogP contribution in [0.2, 0.25) is 0 Å². The molecular formula is C68H70BN3. The van der Waals surface area contributed by atoms with Crippen molar-refractivity contribution in [3.8, 4) is 22.3 Å². The standard InChI is InChI=1S/C68H70BN3/c1-64(2,3)47-32-35-56(51(40-47)45-24-14-12-15-25-45)70-59-31-21-19-29-54(59)69-55-42-49(66(7,8)9)34-37-60(55)71(57-36-33-48(65(4,5)6)41-52(57)46-26-16-13-17-27-46)62-44-50(43-61(70)63(62)69)72-58-30-20-18-28-53(58)67(10)38-22-23-39-68(67,72)11/h12-21,24-37,40-44H,22-23,38-39H2,1-11H3. The van der Waals surface area contributed by atoms with Crippen LogP contribution in [0.25, 0.3) is 22.3 Å². The van der Waals surface area contributed by atoms with Gasteiger partial charge in [0.25, 0.3) is 6.71 Å². The van der Waals surface area contributed by atoms with Gasteiger partial charge in [0.05, 0.1) is 16.9 Å². The molecule has 1 fully saturated rings. The molecule has 12 rings (SSSR count). The van der Waals surface area contributed by atoms with Crippen LogP contribution in [0.1, 0.15) is 124 Å². The van der Waals surface area contributed by atoms with Gasteiger partial charge in [-0.05, 0) is 140 Å². The van der Waals surface area contributed by atoms with Crippen LogP contribution in [0.15, 0.2) is 176 Å². The highest BCUT2D eigenvalue weighted by atomic mass is 15.3. The maximum Gasteiger partial charge on any atom is 0.252 e. The van der Waals surface area contributed by atoms with E-state index in [4.69, 9.17) is 0 Å². The van der Waals surface area contributed by atoms with Gasteiger partial charge < -0.3 is 14.7 Å². The van der Waals surface area contributed by atoms with Crippen molar-refractivity contribution in [2.24, 2.45) is 0 Å². The summed E-state index contributed by atoms with van der Waals surface area (Å²) in [6, 6.07) is 68.1. The van der Waals surface area contributed by atoms with Crippen molar-refractivity contribution in [2.75, 3.05) is 14.7 Å². The van der Waals surface area contributed by atoms with Crippen LogP contribution in [-0.2, 0) is 21.7 Å². The van der Waals surface area contributed by atoms with Crippen molar-refractivity contribution in [1.29, 1.82) is 0 Å². The third kappa shape index (κ3) is 7.06. The Hall–Kier alpha value is -6.78. The predicted molar refractivity (Wildman–Crippen MR) is 310 cm³/mol. The van der Waals surface area contributed by atoms with Gasteiger partial charge in [0.15, 0.2) is 0 Å². The van der Waals surface area contributed by atoms with Gasteiger partial charge in [-0.15, -0.1) is 0 Å². The first-order valence-electron chi connectivity index (χ1n) is 26.7. The van der Waals surface area contributed by atoms with Gasteiger partial charge in [0.1, 0.15) is 0 Å². The molecule has 3 aliphatic heterocycles. The Morgan fingerprint density at radius 2 is 0.847 bits per heavy atom. The van der Waals surface area contributed by atoms with Crippen molar-refractivity contribution < 1.29 is 0 Å². The van der Waals surface area contributed by atoms with Crippen molar-refractivity contribution in [3.05, 3.63) is 198 Å². The molecule has 0 N–H and O–H groups in total. The number of fused-ring (bicyclic) bond motifs is 7. The van der Waals surface area contributed by atoms with E-state index in [0.717, 1.165) is 6.42 Å². The Labute approximate surface area is 430 Å². The molecule has 360 valence electrons. The molecule has 8 aromatic carbocycles. The molecule has 0 saturated heterocycles. The second kappa shape index (κ2) is 16.4. The summed E-state index contributed by atoms with van der Waals surface area (Å²) < 4.78 is 0. The molecule has 0 aromatic heterocycles. The number of benzene rings is 8. The third-order valence-corrected chi connectivity index (χ3v) is 17.5. The summed E-state index contributed by atoms with van der Waals surface area (Å²) in [6.45, 7) is 26.2. The minimum Gasteiger partial charge on any atom is -0.334 e. The Morgan fingerprint density at radius 3 is 1.39 bits per heavy atom. The quantitative estimate of drug-likeness (QED) is 0.159. The van der Waals surface area contributed by atoms with Crippen LogP contribution in [0.3, 0.4) is 0 Å². The summed E-state index contributed by atoms with van der Waals surface area (Å²) in [5, 5.41) is 0. The fraction of sp³-hybridized carbons (Fsp3) is 0.294. The molecule has 0 spiro atoms. The van der Waals surface area contributed by atoms with Crippen LogP contribution < -0.4 is 31.1 Å². The van der Waals surface area contributed by atoms with E-state index in [1.165, 1.54) is 126 Å². The van der Waals surface area contributed by atoms with E-state index in [1.807, 2.05) is 0 Å². The van der Waals surface area contributed by atoms with E-state index in [0.29, 0.717) is 0 Å². The Balaban J connectivity index is 1.24. The normalized spacial score (nSPS) is 19.1. The molecule has 72 heavy (non-hydrogen) atoms. The number of para-hydroxylation sites is 2. The second-order valence-electron chi connectivity index (χ2n) is 24.9. The predicted octanol–water partition coefficient (Wildman–Crippen LogP) is 16.7. The summed E-state index contributed by atoms with van der Waals surface area (Å²) in [4.78, 5) is 8.13. The summed E-state index contributed by atoms with van der Waals surface area (Å²) in [6.07, 6.45) is 4.76. The first-order valence-corrected chi connectivity index (χ1v) is 26.7. The van der Waals surface area contributed by atoms with Crippen molar-refractivity contribution in [1.82, 2.24) is 0 Å². The number of rotatable bonds is 5. The summed E-state index contributed by atoms with van der Waals surface area (Å²) >= 11 is 0. The van der Waals surface area contributed by atoms with Gasteiger partial charge in [-0.1, -0.05) is 203 Å². The van der Waals surface area contributed by atoms with E-state index < -0.39 is 0 Å². The second-order valence-corrected chi connectivity index (χ2v) is 24.9. The number of anilines is 8. The minimum absolute atomic E-state index is 0.00796. The van der Waals surface area contributed by atoms with E-state index in [1.54, 1.807) is 0 Å². The van der Waals surface area contributed by atoms with Crippen LogP contribution in [0.5, 0.6) is 0 Å². The van der Waals surface area contributed by atoms with Gasteiger partial charge in [-0.3, -0.25) is 0 Å². The Morgan fingerprint density at radius 1 is 0.403 bits per heavy atom. The van der Waals surface area contributed by atoms with Gasteiger partial charge in [-0.25, -0.2) is 0 Å². The summed E-state index contributed by atoms with van der Waals surface area (Å²) in [5.74, 6) is 0. The van der Waals surface area contributed by atoms with Gasteiger partial charge in [0.2, 0.25) is 0 Å². The third-order valence-electron chi connectivity index (χ3n) is 17.5. The van der Waals surface area contributed by atoms with Gasteiger partial charge in [-0.2, -0.15) is 0 Å². The Kier molecular flexibility index (Phi) is 10.5. The molecule has 8 aromatic rings. The lowest BCUT2D eigenvalue weighted by Gasteiger charge is -2.51. The van der Waals surface area contributed by atoms with Gasteiger partial charge >= 0.3 is 0 Å². The van der Waals surface area contributed by atoms with Crippen LogP contribution >= 0.6 is 0 Å². The SMILES string of the molecule is CC(C)(C)c1ccc2c(c1)B1c3ccccc3N(c3ccc(C(C)(C)C)cc3-c3ccccc3)c3cc(N4c5ccccc5C5(C)CCCCC45C)cc(c31)N2c1ccc(C(C)(C)C)cc1-c1ccccc1. The zero-order chi connectivity index (χ0) is 50.1. The molecule has 1 saturated carbocycles. The zero-order valence-corrected chi connectivity index (χ0v) is 44.5. The van der Waals surface area contributed by atoms with Crippen molar-refractivity contribution in [3.63, 3.8) is 0 Å². The lowest BCUT2D eigenvalue weighted by atomic mass is 9.33. The fourth-order valence-electron chi connectivity index (χ4n) is 13.2. The maximum atomic E-state index is 2.80. The van der Waals surface area contributed by atoms with E-state index in [2.05, 4.69) is 267 Å². The average molecular weight is 940 g/mol. The Bertz CT molecular complexity index is 3410. The lowest BCUT2D eigenvalue weighted by Crippen LogP contribution is -2.61. The monoisotopic (exact) mass is 940 g/mol. The summed E-state index contributed by atoms with van der Waals surface area (Å²) in [7, 11) is 0. The van der Waals surface area contributed by atoms with Crippen molar-refractivity contribution in [2.45, 2.75) is 129 Å². The minimum atomic E-state index is -0.140. The van der Waals surface area contributed by atoms with Gasteiger partial charge in [0, 0.05) is 50.7 Å². The topological polar surface area (TPSA) is 9.72 Å². The molecule has 0 bridgehead atoms. The van der Waals surface area contributed by atoms with Crippen LogP contribution in [0.4, 0.5) is 45.5 Å². The molecule has 3 nitrogen and oxygen atoms in total. The van der Waals surface area contributed by atoms with E-state index >= 15 is 0 Å². The first-order chi connectivity index (χ1) is 34.4. The number of hydrogen-bond acceptors (Lipinski definition) is 3. The van der Waals surface area contributed by atoms with E-state index in [9.17, 15) is 0 Å². The average Bonchev–Trinajstić information content (AvgIpc) is 3.58. The molecule has 0 radical (unpaired) electrons. The smallest absolute Gasteiger partial charge is 0.252 e. The molecule has 4 heteroatoms. The van der Waals surface area contributed by atoms with Crippen molar-refractivity contribution >= 4 is 68.6 Å². The highest BCUT2D eigenvalue weighted by Crippen LogP contribution is 2.62. The highest BCUT2D eigenvalue weighted by molar-refractivity contribution is 7.00. The number of hydrogen-bond donors (Lipinski definition) is 0. The molecule has 2 atom stereocenters. The highest BCUT2D eigenvalue weighted by Gasteiger charge is 2.58. The lowest BCUT2D eigenvalue weighted by molar-refractivity contribution is 0.195. The molecule has 4 aliphatic rings. The molecule has 2 unspecified atom stereocenters. The molecular weight excluding hydrogens is 870 g/mol. The fourth-order valence-corrected chi connectivity index (χ4v) is 13.2. The van der Waals surface area contributed by atoms with Crippen LogP contribution in [-0.4, -0.2) is 12.3 Å². The largest absolute Gasteiger partial charge is 0.334 e. The number of nitrogens with zero attached hydrogens (tertiary/aromatic N) is 3. The van der Waals surface area contributed by atoms with Crippen LogP contribution in [0, 0.1) is 0 Å². The maximum absolute atomic E-state index is 2.80. The molecule has 3 heterocycles. The first kappa shape index (κ1) is 46.3. The zero-order valence-electron chi connectivity index (χ0n) is 44.5. The molecule has 0 amide bonds. The molecule has 1 aliphatic carbocycles. The van der Waals surface area contributed by atoms with E-state index in [-0.39, 0.29) is 33.9 Å². The summed E-state index contributed by atoms with van der Waals surface area (Å²) in [5.41, 5.74) is 24.0.